The van der Waals surface area contributed by atoms with E-state index >= 15 is 0 Å². The average Bonchev–Trinajstić information content (AvgIpc) is 2.63. The van der Waals surface area contributed by atoms with Gasteiger partial charge in [-0.2, -0.15) is 0 Å². The van der Waals surface area contributed by atoms with Crippen molar-refractivity contribution in [3.8, 4) is 11.8 Å². The fourth-order valence-corrected chi connectivity index (χ4v) is 4.82. The zero-order chi connectivity index (χ0) is 19.8. The van der Waals surface area contributed by atoms with Gasteiger partial charge in [0.05, 0.1) is 12.0 Å². The summed E-state index contributed by atoms with van der Waals surface area (Å²) in [6, 6.07) is 0. The maximum absolute atomic E-state index is 10.7. The zero-order valence-electron chi connectivity index (χ0n) is 16.9. The number of aliphatic hydroxyl groups excluding tert-OH is 2. The number of carboxylic acids is 1. The van der Waals surface area contributed by atoms with E-state index in [1.165, 1.54) is 24.8 Å². The molecule has 0 aromatic carbocycles. The van der Waals surface area contributed by atoms with Crippen LogP contribution in [-0.4, -0.2) is 33.5 Å². The molecule has 3 N–H and O–H groups in total. The second kappa shape index (κ2) is 10.9. The van der Waals surface area contributed by atoms with Crippen molar-refractivity contribution in [2.24, 2.45) is 23.7 Å². The number of allylic oxidation sites excluding steroid dienone is 2. The molecule has 2 aliphatic rings. The first-order valence-electron chi connectivity index (χ1n) is 10.7. The van der Waals surface area contributed by atoms with Crippen LogP contribution in [0, 0.1) is 35.5 Å². The summed E-state index contributed by atoms with van der Waals surface area (Å²) in [5.74, 6) is 6.45. The first-order chi connectivity index (χ1) is 13.0. The van der Waals surface area contributed by atoms with Gasteiger partial charge in [-0.25, -0.2) is 0 Å². The molecular formula is C23H36O4. The Balaban J connectivity index is 1.89. The van der Waals surface area contributed by atoms with E-state index in [1.807, 2.05) is 0 Å². The quantitative estimate of drug-likeness (QED) is 0.321. The molecular weight excluding hydrogens is 340 g/mol. The number of carboxylic acid groups (broad SMARTS) is 1. The van der Waals surface area contributed by atoms with Gasteiger partial charge in [-0.1, -0.05) is 63.0 Å². The minimum Gasteiger partial charge on any atom is -0.481 e. The highest BCUT2D eigenvalue weighted by molar-refractivity contribution is 5.66. The van der Waals surface area contributed by atoms with Crippen molar-refractivity contribution in [3.63, 3.8) is 0 Å². The van der Waals surface area contributed by atoms with Gasteiger partial charge < -0.3 is 15.3 Å². The third-order valence-electron chi connectivity index (χ3n) is 6.33. The van der Waals surface area contributed by atoms with Crippen molar-refractivity contribution in [2.75, 3.05) is 0 Å². The Morgan fingerprint density at radius 1 is 1.26 bits per heavy atom. The van der Waals surface area contributed by atoms with Gasteiger partial charge in [0.1, 0.15) is 6.10 Å². The van der Waals surface area contributed by atoms with Crippen LogP contribution in [0.25, 0.3) is 0 Å². The van der Waals surface area contributed by atoms with E-state index in [2.05, 4.69) is 31.8 Å². The van der Waals surface area contributed by atoms with Gasteiger partial charge in [0.2, 0.25) is 0 Å². The molecule has 6 atom stereocenters. The molecule has 0 amide bonds. The minimum absolute atomic E-state index is 0.0786. The van der Waals surface area contributed by atoms with E-state index in [0.717, 1.165) is 25.7 Å². The topological polar surface area (TPSA) is 77.8 Å². The summed E-state index contributed by atoms with van der Waals surface area (Å²) in [6.07, 6.45) is 10.1. The van der Waals surface area contributed by atoms with Gasteiger partial charge >= 0.3 is 5.97 Å². The van der Waals surface area contributed by atoms with Gasteiger partial charge in [-0.05, 0) is 49.9 Å². The van der Waals surface area contributed by atoms with Crippen molar-refractivity contribution in [3.05, 3.63) is 11.6 Å². The van der Waals surface area contributed by atoms with Crippen LogP contribution in [-0.2, 0) is 4.79 Å². The highest BCUT2D eigenvalue weighted by Gasteiger charge is 2.50. The van der Waals surface area contributed by atoms with Crippen LogP contribution in [0.15, 0.2) is 11.6 Å². The van der Waals surface area contributed by atoms with Crippen LogP contribution < -0.4 is 0 Å². The summed E-state index contributed by atoms with van der Waals surface area (Å²) in [7, 11) is 0. The van der Waals surface area contributed by atoms with E-state index in [4.69, 9.17) is 5.11 Å². The SMILES string of the molecule is CCCCCCCC(O)C#C[C@H]1[C@@H]2C(C)/C(=C/CCC(=O)O)[C@@H]2CC[C@@H]1O. The number of carbonyl (C=O) groups is 1. The highest BCUT2D eigenvalue weighted by Crippen LogP contribution is 2.55. The number of hydrogen-bond donors (Lipinski definition) is 3. The van der Waals surface area contributed by atoms with Crippen molar-refractivity contribution in [1.29, 1.82) is 0 Å². The molecule has 27 heavy (non-hydrogen) atoms. The molecule has 0 bridgehead atoms. The normalized spacial score (nSPS) is 32.1. The molecule has 0 aromatic heterocycles. The van der Waals surface area contributed by atoms with E-state index in [1.54, 1.807) is 0 Å². The second-order valence-electron chi connectivity index (χ2n) is 8.29. The fraction of sp³-hybridized carbons (Fsp3) is 0.783. The molecule has 2 aliphatic carbocycles. The lowest BCUT2D eigenvalue weighted by atomic mass is 9.51. The minimum atomic E-state index is -0.762. The van der Waals surface area contributed by atoms with Gasteiger partial charge in [-0.15, -0.1) is 0 Å². The van der Waals surface area contributed by atoms with Crippen molar-refractivity contribution < 1.29 is 20.1 Å². The third kappa shape index (κ3) is 6.09. The summed E-state index contributed by atoms with van der Waals surface area (Å²) < 4.78 is 0. The first kappa shape index (κ1) is 22.0. The third-order valence-corrected chi connectivity index (χ3v) is 6.33. The molecule has 2 saturated carbocycles. The van der Waals surface area contributed by atoms with E-state index < -0.39 is 18.2 Å². The summed E-state index contributed by atoms with van der Waals surface area (Å²) in [5.41, 5.74) is 1.34. The maximum atomic E-state index is 10.7. The Morgan fingerprint density at radius 3 is 2.70 bits per heavy atom. The lowest BCUT2D eigenvalue weighted by molar-refractivity contribution is -0.136. The van der Waals surface area contributed by atoms with Crippen molar-refractivity contribution in [1.82, 2.24) is 0 Å². The standard InChI is InChI=1S/C23H36O4/c1-3-4-5-6-7-9-17(24)12-13-20-21(25)15-14-19-18(16(2)23(19)20)10-8-11-22(26)27/h10,16-17,19-21,23-25H,3-9,11,14-15H2,1-2H3,(H,26,27)/b18-10-/t16?,17?,19-,20+,21-,23+/m0/s1. The first-order valence-corrected chi connectivity index (χ1v) is 10.7. The highest BCUT2D eigenvalue weighted by atomic mass is 16.4. The smallest absolute Gasteiger partial charge is 0.303 e. The van der Waals surface area contributed by atoms with Crippen LogP contribution in [0.1, 0.15) is 78.1 Å². The molecule has 2 fully saturated rings. The fourth-order valence-electron chi connectivity index (χ4n) is 4.82. The molecule has 0 saturated heterocycles. The van der Waals surface area contributed by atoms with Gasteiger partial charge in [0, 0.05) is 6.42 Å². The van der Waals surface area contributed by atoms with Crippen LogP contribution in [0.5, 0.6) is 0 Å². The van der Waals surface area contributed by atoms with Gasteiger partial charge in [-0.3, -0.25) is 4.79 Å². The van der Waals surface area contributed by atoms with Crippen LogP contribution in [0.4, 0.5) is 0 Å². The van der Waals surface area contributed by atoms with Gasteiger partial charge in [0.15, 0.2) is 0 Å². The number of aliphatic carboxylic acids is 1. The van der Waals surface area contributed by atoms with Crippen LogP contribution in [0.2, 0.25) is 0 Å². The second-order valence-corrected chi connectivity index (χ2v) is 8.29. The van der Waals surface area contributed by atoms with E-state index in [9.17, 15) is 15.0 Å². The molecule has 0 aliphatic heterocycles. The maximum Gasteiger partial charge on any atom is 0.303 e. The summed E-state index contributed by atoms with van der Waals surface area (Å²) in [5, 5.41) is 29.4. The average molecular weight is 377 g/mol. The van der Waals surface area contributed by atoms with E-state index in [0.29, 0.717) is 30.6 Å². The Hall–Kier alpha value is -1.31. The van der Waals surface area contributed by atoms with Crippen LogP contribution >= 0.6 is 0 Å². The Bertz CT molecular complexity index is 571. The van der Waals surface area contributed by atoms with Gasteiger partial charge in [0.25, 0.3) is 0 Å². The number of unbranched alkanes of at least 4 members (excludes halogenated alkanes) is 4. The monoisotopic (exact) mass is 376 g/mol. The predicted molar refractivity (Wildman–Crippen MR) is 107 cm³/mol. The lowest BCUT2D eigenvalue weighted by Gasteiger charge is -2.53. The Kier molecular flexibility index (Phi) is 8.86. The van der Waals surface area contributed by atoms with E-state index in [-0.39, 0.29) is 12.3 Å². The molecule has 0 aromatic rings. The Morgan fingerprint density at radius 2 is 2.00 bits per heavy atom. The lowest BCUT2D eigenvalue weighted by Crippen LogP contribution is -2.50. The summed E-state index contributed by atoms with van der Waals surface area (Å²) in [6.45, 7) is 4.35. The largest absolute Gasteiger partial charge is 0.481 e. The van der Waals surface area contributed by atoms with Crippen LogP contribution in [0.3, 0.4) is 0 Å². The van der Waals surface area contributed by atoms with Crippen molar-refractivity contribution in [2.45, 2.75) is 90.3 Å². The number of hydrogen-bond acceptors (Lipinski definition) is 3. The molecule has 4 nitrogen and oxygen atoms in total. The predicted octanol–water partition coefficient (Wildman–Crippen LogP) is 4.16. The number of rotatable bonds is 9. The molecule has 2 unspecified atom stereocenters. The molecule has 0 radical (unpaired) electrons. The zero-order valence-corrected chi connectivity index (χ0v) is 16.9. The number of fused-ring (bicyclic) bond motifs is 1. The molecule has 152 valence electrons. The molecule has 0 spiro atoms. The summed E-state index contributed by atoms with van der Waals surface area (Å²) in [4.78, 5) is 10.7. The van der Waals surface area contributed by atoms with Crippen molar-refractivity contribution >= 4 is 5.97 Å². The molecule has 0 heterocycles. The summed E-state index contributed by atoms with van der Waals surface area (Å²) >= 11 is 0. The molecule has 4 heteroatoms. The molecule has 2 rings (SSSR count). The Labute approximate surface area is 164 Å². The number of aliphatic hydroxyl groups is 2.